The van der Waals surface area contributed by atoms with Gasteiger partial charge in [0.1, 0.15) is 0 Å². The minimum absolute atomic E-state index is 0.899. The summed E-state index contributed by atoms with van der Waals surface area (Å²) in [5, 5.41) is 0. The zero-order valence-electron chi connectivity index (χ0n) is 7.19. The van der Waals surface area contributed by atoms with Gasteiger partial charge in [-0.2, -0.15) is 0 Å². The summed E-state index contributed by atoms with van der Waals surface area (Å²) in [6.45, 7) is 4.76. The van der Waals surface area contributed by atoms with Crippen molar-refractivity contribution in [2.24, 2.45) is 17.3 Å². The van der Waals surface area contributed by atoms with Gasteiger partial charge in [-0.3, -0.25) is 0 Å². The molecule has 0 aliphatic heterocycles. The van der Waals surface area contributed by atoms with Crippen molar-refractivity contribution >= 4 is 0 Å². The Balaban J connectivity index is 1.87. The third kappa shape index (κ3) is 0.681. The molecule has 0 radical (unpaired) electrons. The summed E-state index contributed by atoms with van der Waals surface area (Å²) in [6.07, 6.45) is 7.55. The quantitative estimate of drug-likeness (QED) is 0.549. The Bertz CT molecular complexity index is 139. The molecular weight excluding hydrogens is 120 g/mol. The van der Waals surface area contributed by atoms with Crippen molar-refractivity contribution in [2.75, 3.05) is 0 Å². The molecule has 1 spiro atoms. The van der Waals surface area contributed by atoms with E-state index in [1.165, 1.54) is 19.3 Å². The zero-order valence-corrected chi connectivity index (χ0v) is 7.19. The lowest BCUT2D eigenvalue weighted by molar-refractivity contribution is 0.144. The summed E-state index contributed by atoms with van der Waals surface area (Å²) < 4.78 is 0. The van der Waals surface area contributed by atoms with E-state index in [4.69, 9.17) is 0 Å². The van der Waals surface area contributed by atoms with Crippen LogP contribution >= 0.6 is 0 Å². The van der Waals surface area contributed by atoms with Crippen LogP contribution in [0.25, 0.3) is 0 Å². The fourth-order valence-corrected chi connectivity index (χ4v) is 2.85. The largest absolute Gasteiger partial charge is 0.0654 e. The Morgan fingerprint density at radius 3 is 2.60 bits per heavy atom. The first-order valence-corrected chi connectivity index (χ1v) is 4.79. The van der Waals surface area contributed by atoms with Crippen LogP contribution in [-0.4, -0.2) is 0 Å². The van der Waals surface area contributed by atoms with E-state index in [9.17, 15) is 0 Å². The van der Waals surface area contributed by atoms with Crippen molar-refractivity contribution < 1.29 is 0 Å². The number of rotatable bonds is 2. The van der Waals surface area contributed by atoms with E-state index >= 15 is 0 Å². The molecule has 58 valence electrons. The van der Waals surface area contributed by atoms with Gasteiger partial charge in [-0.15, -0.1) is 0 Å². The molecule has 0 heterocycles. The predicted molar refractivity (Wildman–Crippen MR) is 43.8 cm³/mol. The molecule has 3 atom stereocenters. The number of hydrogen-bond donors (Lipinski definition) is 0. The molecule has 0 nitrogen and oxygen atoms in total. The Hall–Kier alpha value is 0. The van der Waals surface area contributed by atoms with Crippen molar-refractivity contribution in [3.63, 3.8) is 0 Å². The molecule has 0 aromatic rings. The highest BCUT2D eigenvalue weighted by atomic mass is 14.6. The van der Waals surface area contributed by atoms with Gasteiger partial charge < -0.3 is 0 Å². The van der Waals surface area contributed by atoms with Gasteiger partial charge >= 0.3 is 0 Å². The van der Waals surface area contributed by atoms with Gasteiger partial charge in [0.2, 0.25) is 0 Å². The zero-order chi connectivity index (χ0) is 7.19. The fourth-order valence-electron chi connectivity index (χ4n) is 2.85. The highest BCUT2D eigenvalue weighted by molar-refractivity contribution is 5.10. The normalized spacial score (nSPS) is 51.0. The molecule has 10 heavy (non-hydrogen) atoms. The standard InChI is InChI=1S/C10H18/c1-3-4-9-7-10(9)6-5-8(10)2/h8-9H,3-7H2,1-2H3. The van der Waals surface area contributed by atoms with Crippen LogP contribution in [0.5, 0.6) is 0 Å². The van der Waals surface area contributed by atoms with E-state index in [1.54, 1.807) is 12.8 Å². The third-order valence-electron chi connectivity index (χ3n) is 3.94. The maximum absolute atomic E-state index is 2.44. The summed E-state index contributed by atoms with van der Waals surface area (Å²) in [7, 11) is 0. The Morgan fingerprint density at radius 1 is 1.50 bits per heavy atom. The van der Waals surface area contributed by atoms with Gasteiger partial charge in [0.15, 0.2) is 0 Å². The molecule has 2 aliphatic rings. The molecular formula is C10H18. The first-order chi connectivity index (χ1) is 4.79. The van der Waals surface area contributed by atoms with E-state index in [2.05, 4.69) is 13.8 Å². The first-order valence-electron chi connectivity index (χ1n) is 4.79. The van der Waals surface area contributed by atoms with Crippen molar-refractivity contribution in [1.29, 1.82) is 0 Å². The van der Waals surface area contributed by atoms with E-state index in [0.29, 0.717) is 0 Å². The van der Waals surface area contributed by atoms with Crippen molar-refractivity contribution in [1.82, 2.24) is 0 Å². The molecule has 0 N–H and O–H groups in total. The van der Waals surface area contributed by atoms with E-state index in [1.807, 2.05) is 0 Å². The lowest BCUT2D eigenvalue weighted by Gasteiger charge is -2.36. The molecule has 2 aliphatic carbocycles. The maximum Gasteiger partial charge on any atom is -0.0240 e. The van der Waals surface area contributed by atoms with Gasteiger partial charge in [-0.1, -0.05) is 26.7 Å². The maximum atomic E-state index is 2.44. The topological polar surface area (TPSA) is 0 Å². The van der Waals surface area contributed by atoms with Crippen LogP contribution in [-0.2, 0) is 0 Å². The summed E-state index contributed by atoms with van der Waals surface area (Å²) in [5.41, 5.74) is 0.899. The summed E-state index contributed by atoms with van der Waals surface area (Å²) >= 11 is 0. The van der Waals surface area contributed by atoms with Crippen molar-refractivity contribution in [3.8, 4) is 0 Å². The second-order valence-corrected chi connectivity index (χ2v) is 4.36. The molecule has 2 rings (SSSR count). The molecule has 0 aromatic carbocycles. The molecule has 0 heteroatoms. The van der Waals surface area contributed by atoms with Crippen LogP contribution in [0.1, 0.15) is 46.0 Å². The second kappa shape index (κ2) is 1.99. The van der Waals surface area contributed by atoms with Crippen molar-refractivity contribution in [2.45, 2.75) is 46.0 Å². The van der Waals surface area contributed by atoms with Crippen molar-refractivity contribution in [3.05, 3.63) is 0 Å². The summed E-state index contributed by atoms with van der Waals surface area (Å²) in [5.74, 6) is 2.21. The Labute approximate surface area is 64.0 Å². The fraction of sp³-hybridized carbons (Fsp3) is 1.00. The second-order valence-electron chi connectivity index (χ2n) is 4.36. The monoisotopic (exact) mass is 138 g/mol. The molecule has 0 bridgehead atoms. The van der Waals surface area contributed by atoms with Gasteiger partial charge in [0, 0.05) is 0 Å². The van der Waals surface area contributed by atoms with E-state index in [0.717, 1.165) is 17.3 Å². The van der Waals surface area contributed by atoms with Gasteiger partial charge in [0.05, 0.1) is 0 Å². The SMILES string of the molecule is CCCC1CC12CCC2C. The lowest BCUT2D eigenvalue weighted by Crippen LogP contribution is -2.26. The number of hydrogen-bond acceptors (Lipinski definition) is 0. The van der Waals surface area contributed by atoms with E-state index < -0.39 is 0 Å². The summed E-state index contributed by atoms with van der Waals surface area (Å²) in [6, 6.07) is 0. The van der Waals surface area contributed by atoms with Crippen LogP contribution in [0, 0.1) is 17.3 Å². The van der Waals surface area contributed by atoms with E-state index in [-0.39, 0.29) is 0 Å². The average Bonchev–Trinajstić information content (AvgIpc) is 2.64. The van der Waals surface area contributed by atoms with Crippen LogP contribution in [0.2, 0.25) is 0 Å². The highest BCUT2D eigenvalue weighted by Crippen LogP contribution is 2.69. The van der Waals surface area contributed by atoms with Gasteiger partial charge in [0.25, 0.3) is 0 Å². The molecule has 2 fully saturated rings. The van der Waals surface area contributed by atoms with Crippen LogP contribution in [0.15, 0.2) is 0 Å². The molecule has 0 saturated heterocycles. The highest BCUT2D eigenvalue weighted by Gasteiger charge is 2.60. The molecule has 2 saturated carbocycles. The first kappa shape index (κ1) is 6.69. The van der Waals surface area contributed by atoms with Gasteiger partial charge in [-0.05, 0) is 36.5 Å². The molecule has 3 unspecified atom stereocenters. The predicted octanol–water partition coefficient (Wildman–Crippen LogP) is 3.22. The lowest BCUT2D eigenvalue weighted by atomic mass is 9.69. The summed E-state index contributed by atoms with van der Waals surface area (Å²) in [4.78, 5) is 0. The van der Waals surface area contributed by atoms with Crippen LogP contribution in [0.3, 0.4) is 0 Å². The van der Waals surface area contributed by atoms with Gasteiger partial charge in [-0.25, -0.2) is 0 Å². The van der Waals surface area contributed by atoms with Crippen LogP contribution in [0.4, 0.5) is 0 Å². The Kier molecular flexibility index (Phi) is 1.33. The minimum Gasteiger partial charge on any atom is -0.0654 e. The average molecular weight is 138 g/mol. The smallest absolute Gasteiger partial charge is 0.0240 e. The Morgan fingerprint density at radius 2 is 2.30 bits per heavy atom. The third-order valence-corrected chi connectivity index (χ3v) is 3.94. The van der Waals surface area contributed by atoms with Crippen LogP contribution < -0.4 is 0 Å². The molecule has 0 aromatic heterocycles. The molecule has 0 amide bonds. The minimum atomic E-state index is 0.899.